The maximum atomic E-state index is 11.5. The van der Waals surface area contributed by atoms with E-state index in [4.69, 9.17) is 0 Å². The molecule has 1 amide bonds. The van der Waals surface area contributed by atoms with E-state index in [1.54, 1.807) is 0 Å². The number of fused-ring (bicyclic) bond motifs is 1. The highest BCUT2D eigenvalue weighted by Crippen LogP contribution is 2.14. The zero-order valence-electron chi connectivity index (χ0n) is 11.0. The van der Waals surface area contributed by atoms with E-state index in [9.17, 15) is 4.79 Å². The summed E-state index contributed by atoms with van der Waals surface area (Å²) in [4.78, 5) is 14.7. The maximum absolute atomic E-state index is 11.5. The van der Waals surface area contributed by atoms with Crippen molar-refractivity contribution in [3.63, 3.8) is 0 Å². The van der Waals surface area contributed by atoms with Gasteiger partial charge < -0.3 is 10.3 Å². The van der Waals surface area contributed by atoms with Crippen molar-refractivity contribution in [2.24, 2.45) is 5.92 Å². The average molecular weight is 244 g/mol. The summed E-state index contributed by atoms with van der Waals surface area (Å²) in [5.74, 6) is 0.564. The molecule has 18 heavy (non-hydrogen) atoms. The lowest BCUT2D eigenvalue weighted by molar-refractivity contribution is -0.121. The fraction of sp³-hybridized carbons (Fsp3) is 0.400. The summed E-state index contributed by atoms with van der Waals surface area (Å²) in [6.07, 6.45) is 3.43. The third-order valence-electron chi connectivity index (χ3n) is 2.95. The summed E-state index contributed by atoms with van der Waals surface area (Å²) in [5.41, 5.74) is 2.41. The second kappa shape index (κ2) is 5.71. The summed E-state index contributed by atoms with van der Waals surface area (Å²) >= 11 is 0. The Morgan fingerprint density at radius 1 is 1.33 bits per heavy atom. The van der Waals surface area contributed by atoms with Crippen molar-refractivity contribution in [1.29, 1.82) is 0 Å². The minimum absolute atomic E-state index is 0.146. The number of amides is 1. The number of rotatable bonds is 5. The Bertz CT molecular complexity index is 528. The van der Waals surface area contributed by atoms with E-state index in [-0.39, 0.29) is 5.91 Å². The number of aromatic amines is 1. The zero-order chi connectivity index (χ0) is 13.0. The second-order valence-electron chi connectivity index (χ2n) is 5.10. The number of hydrogen-bond acceptors (Lipinski definition) is 1. The molecule has 96 valence electrons. The van der Waals surface area contributed by atoms with E-state index in [1.165, 1.54) is 10.9 Å². The normalized spacial score (nSPS) is 11.1. The van der Waals surface area contributed by atoms with Crippen molar-refractivity contribution in [1.82, 2.24) is 10.3 Å². The standard InChI is InChI=1S/C15H20N2O/c1-11(2)9-15(18)17-7-5-12-3-4-14-13(10-12)6-8-16-14/h3-4,6,8,10-11,16H,5,7,9H2,1-2H3,(H,17,18). The van der Waals surface area contributed by atoms with E-state index in [1.807, 2.05) is 6.20 Å². The fourth-order valence-electron chi connectivity index (χ4n) is 2.05. The molecule has 0 bridgehead atoms. The van der Waals surface area contributed by atoms with Crippen LogP contribution >= 0.6 is 0 Å². The van der Waals surface area contributed by atoms with E-state index < -0.39 is 0 Å². The highest BCUT2D eigenvalue weighted by atomic mass is 16.1. The zero-order valence-corrected chi connectivity index (χ0v) is 11.0. The molecule has 3 heteroatoms. The molecule has 0 aliphatic heterocycles. The van der Waals surface area contributed by atoms with Gasteiger partial charge in [-0.25, -0.2) is 0 Å². The first-order valence-electron chi connectivity index (χ1n) is 6.48. The Balaban J connectivity index is 1.84. The first kappa shape index (κ1) is 12.7. The summed E-state index contributed by atoms with van der Waals surface area (Å²) in [5, 5.41) is 4.18. The van der Waals surface area contributed by atoms with Crippen molar-refractivity contribution in [2.75, 3.05) is 6.54 Å². The van der Waals surface area contributed by atoms with Crippen LogP contribution in [0.1, 0.15) is 25.8 Å². The molecular weight excluding hydrogens is 224 g/mol. The number of benzene rings is 1. The van der Waals surface area contributed by atoms with Crippen molar-refractivity contribution < 1.29 is 4.79 Å². The van der Waals surface area contributed by atoms with E-state index in [0.29, 0.717) is 18.9 Å². The molecule has 0 unspecified atom stereocenters. The highest BCUT2D eigenvalue weighted by Gasteiger charge is 2.04. The first-order valence-corrected chi connectivity index (χ1v) is 6.48. The molecule has 1 aromatic heterocycles. The van der Waals surface area contributed by atoms with Crippen molar-refractivity contribution >= 4 is 16.8 Å². The van der Waals surface area contributed by atoms with Gasteiger partial charge in [0.05, 0.1) is 0 Å². The molecule has 2 rings (SSSR count). The fourth-order valence-corrected chi connectivity index (χ4v) is 2.05. The smallest absolute Gasteiger partial charge is 0.220 e. The highest BCUT2D eigenvalue weighted by molar-refractivity contribution is 5.80. The summed E-state index contributed by atoms with van der Waals surface area (Å²) in [7, 11) is 0. The quantitative estimate of drug-likeness (QED) is 0.834. The Morgan fingerprint density at radius 2 is 2.17 bits per heavy atom. The predicted octanol–water partition coefficient (Wildman–Crippen LogP) is 2.87. The van der Waals surface area contributed by atoms with E-state index in [0.717, 1.165) is 11.9 Å². The van der Waals surface area contributed by atoms with Gasteiger partial charge >= 0.3 is 0 Å². The molecule has 3 nitrogen and oxygen atoms in total. The minimum atomic E-state index is 0.146. The Labute approximate surface area is 108 Å². The van der Waals surface area contributed by atoms with Crippen molar-refractivity contribution in [3.8, 4) is 0 Å². The van der Waals surface area contributed by atoms with Crippen LogP contribution in [0.2, 0.25) is 0 Å². The number of H-pyrrole nitrogens is 1. The second-order valence-corrected chi connectivity index (χ2v) is 5.10. The van der Waals surface area contributed by atoms with Crippen LogP contribution in [-0.2, 0) is 11.2 Å². The van der Waals surface area contributed by atoms with Gasteiger partial charge in [0, 0.05) is 24.7 Å². The van der Waals surface area contributed by atoms with Gasteiger partial charge in [0.2, 0.25) is 5.91 Å². The third-order valence-corrected chi connectivity index (χ3v) is 2.95. The molecule has 0 saturated heterocycles. The lowest BCUT2D eigenvalue weighted by atomic mass is 10.1. The number of carbonyl (C=O) groups is 1. The predicted molar refractivity (Wildman–Crippen MR) is 74.5 cm³/mol. The molecule has 0 spiro atoms. The van der Waals surface area contributed by atoms with Gasteiger partial charge in [-0.3, -0.25) is 4.79 Å². The number of nitrogens with one attached hydrogen (secondary N) is 2. The molecule has 1 aromatic carbocycles. The SMILES string of the molecule is CC(C)CC(=O)NCCc1ccc2[nH]ccc2c1. The first-order chi connectivity index (χ1) is 8.65. The maximum Gasteiger partial charge on any atom is 0.220 e. The number of carbonyl (C=O) groups excluding carboxylic acids is 1. The van der Waals surface area contributed by atoms with Crippen LogP contribution in [-0.4, -0.2) is 17.4 Å². The molecule has 0 aliphatic rings. The Morgan fingerprint density at radius 3 is 2.94 bits per heavy atom. The van der Waals surface area contributed by atoms with Gasteiger partial charge in [-0.1, -0.05) is 19.9 Å². The van der Waals surface area contributed by atoms with E-state index >= 15 is 0 Å². The summed E-state index contributed by atoms with van der Waals surface area (Å²) in [6, 6.07) is 8.42. The minimum Gasteiger partial charge on any atom is -0.361 e. The van der Waals surface area contributed by atoms with Gasteiger partial charge in [0.15, 0.2) is 0 Å². The Kier molecular flexibility index (Phi) is 4.03. The van der Waals surface area contributed by atoms with Crippen LogP contribution in [0.4, 0.5) is 0 Å². The molecule has 0 radical (unpaired) electrons. The Hall–Kier alpha value is -1.77. The number of hydrogen-bond donors (Lipinski definition) is 2. The van der Waals surface area contributed by atoms with Gasteiger partial charge in [-0.2, -0.15) is 0 Å². The molecule has 2 aromatic rings. The van der Waals surface area contributed by atoms with Gasteiger partial charge in [-0.05, 0) is 41.5 Å². The van der Waals surface area contributed by atoms with Gasteiger partial charge in [0.1, 0.15) is 0 Å². The van der Waals surface area contributed by atoms with Crippen molar-refractivity contribution in [2.45, 2.75) is 26.7 Å². The van der Waals surface area contributed by atoms with Crippen LogP contribution in [0, 0.1) is 5.92 Å². The summed E-state index contributed by atoms with van der Waals surface area (Å²) in [6.45, 7) is 4.82. The van der Waals surface area contributed by atoms with Crippen LogP contribution in [0.25, 0.3) is 10.9 Å². The molecule has 0 atom stereocenters. The molecule has 1 heterocycles. The average Bonchev–Trinajstić information content (AvgIpc) is 2.75. The molecule has 0 fully saturated rings. The lowest BCUT2D eigenvalue weighted by Gasteiger charge is -2.07. The molecule has 0 saturated carbocycles. The molecule has 0 aliphatic carbocycles. The van der Waals surface area contributed by atoms with Gasteiger partial charge in [0.25, 0.3) is 0 Å². The molecule has 2 N–H and O–H groups in total. The van der Waals surface area contributed by atoms with Crippen LogP contribution in [0.5, 0.6) is 0 Å². The van der Waals surface area contributed by atoms with Gasteiger partial charge in [-0.15, -0.1) is 0 Å². The molecular formula is C15H20N2O. The monoisotopic (exact) mass is 244 g/mol. The van der Waals surface area contributed by atoms with Crippen LogP contribution in [0.3, 0.4) is 0 Å². The third kappa shape index (κ3) is 3.36. The largest absolute Gasteiger partial charge is 0.361 e. The van der Waals surface area contributed by atoms with Crippen LogP contribution in [0.15, 0.2) is 30.5 Å². The summed E-state index contributed by atoms with van der Waals surface area (Å²) < 4.78 is 0. The van der Waals surface area contributed by atoms with Crippen LogP contribution < -0.4 is 5.32 Å². The van der Waals surface area contributed by atoms with Crippen molar-refractivity contribution in [3.05, 3.63) is 36.0 Å². The topological polar surface area (TPSA) is 44.9 Å². The number of aromatic nitrogens is 1. The van der Waals surface area contributed by atoms with E-state index in [2.05, 4.69) is 48.4 Å². The lowest BCUT2D eigenvalue weighted by Crippen LogP contribution is -2.26.